The fraction of sp³-hybridized carbons (Fsp3) is 0.290. The number of benzene rings is 2. The molecule has 43 heavy (non-hydrogen) atoms. The first kappa shape index (κ1) is 29.2. The average Bonchev–Trinajstić information content (AvgIpc) is 3.00. The van der Waals surface area contributed by atoms with Gasteiger partial charge < -0.3 is 20.5 Å². The van der Waals surface area contributed by atoms with Crippen LogP contribution in [0, 0.1) is 11.8 Å². The molecule has 0 spiro atoms. The largest absolute Gasteiger partial charge is 0.478 e. The van der Waals surface area contributed by atoms with Crippen molar-refractivity contribution in [3.63, 3.8) is 0 Å². The smallest absolute Gasteiger partial charge is 0.354 e. The third-order valence-corrected chi connectivity index (χ3v) is 7.52. The van der Waals surface area contributed by atoms with E-state index in [1.165, 1.54) is 41.9 Å². The molecule has 5 rings (SSSR count). The normalized spacial score (nSPS) is 16.3. The van der Waals surface area contributed by atoms with Gasteiger partial charge in [-0.3, -0.25) is 9.36 Å². The maximum absolute atomic E-state index is 13.0. The van der Waals surface area contributed by atoms with Crippen molar-refractivity contribution in [1.82, 2.24) is 19.1 Å². The molecule has 0 saturated heterocycles. The zero-order valence-corrected chi connectivity index (χ0v) is 23.8. The molecule has 0 atom stereocenters. The highest BCUT2D eigenvalue weighted by Gasteiger charge is 2.21. The SMILES string of the molecule is CC1CCC(Cn2c(Nc3ccc(Oc4cccc(C(=O)Nc5ccc(C(=O)O)cc5)n4)cc3)nc(=O)n(C)c2=O)CC1. The van der Waals surface area contributed by atoms with Crippen molar-refractivity contribution in [2.24, 2.45) is 18.9 Å². The maximum Gasteiger partial charge on any atom is 0.354 e. The van der Waals surface area contributed by atoms with E-state index >= 15 is 0 Å². The van der Waals surface area contributed by atoms with Gasteiger partial charge in [0.05, 0.1) is 5.56 Å². The number of aromatic carboxylic acids is 1. The molecular formula is C31H32N6O6. The number of ether oxygens (including phenoxy) is 1. The second-order valence-electron chi connectivity index (χ2n) is 10.7. The van der Waals surface area contributed by atoms with Crippen LogP contribution in [0.5, 0.6) is 11.6 Å². The first-order valence-electron chi connectivity index (χ1n) is 14.0. The molecule has 0 aliphatic heterocycles. The minimum Gasteiger partial charge on any atom is -0.478 e. The highest BCUT2D eigenvalue weighted by Crippen LogP contribution is 2.30. The van der Waals surface area contributed by atoms with Crippen molar-refractivity contribution in [1.29, 1.82) is 0 Å². The number of aromatic nitrogens is 4. The summed E-state index contributed by atoms with van der Waals surface area (Å²) in [6, 6.07) is 17.4. The third kappa shape index (κ3) is 7.15. The Balaban J connectivity index is 1.26. The van der Waals surface area contributed by atoms with Crippen LogP contribution in [0.3, 0.4) is 0 Å². The third-order valence-electron chi connectivity index (χ3n) is 7.52. The first-order chi connectivity index (χ1) is 20.7. The van der Waals surface area contributed by atoms with Gasteiger partial charge >= 0.3 is 17.3 Å². The summed E-state index contributed by atoms with van der Waals surface area (Å²) in [7, 11) is 1.43. The predicted octanol–water partition coefficient (Wildman–Crippen LogP) is 4.65. The number of rotatable bonds is 9. The van der Waals surface area contributed by atoms with E-state index in [4.69, 9.17) is 9.84 Å². The van der Waals surface area contributed by atoms with Gasteiger partial charge in [-0.05, 0) is 79.3 Å². The summed E-state index contributed by atoms with van der Waals surface area (Å²) in [5.74, 6) is 0.322. The lowest BCUT2D eigenvalue weighted by molar-refractivity contribution is 0.0696. The lowest BCUT2D eigenvalue weighted by Crippen LogP contribution is -2.42. The molecule has 1 aliphatic carbocycles. The Bertz CT molecular complexity index is 1740. The highest BCUT2D eigenvalue weighted by atomic mass is 16.5. The number of pyridine rings is 1. The van der Waals surface area contributed by atoms with Gasteiger partial charge in [-0.15, -0.1) is 0 Å². The van der Waals surface area contributed by atoms with Crippen molar-refractivity contribution in [2.45, 2.75) is 39.2 Å². The Morgan fingerprint density at radius 1 is 0.930 bits per heavy atom. The molecule has 12 heteroatoms. The summed E-state index contributed by atoms with van der Waals surface area (Å²) < 4.78 is 8.40. The lowest BCUT2D eigenvalue weighted by Gasteiger charge is -2.27. The van der Waals surface area contributed by atoms with Crippen LogP contribution >= 0.6 is 0 Å². The molecule has 0 radical (unpaired) electrons. The number of anilines is 3. The number of hydrogen-bond donors (Lipinski definition) is 3. The average molecular weight is 585 g/mol. The number of carboxylic acids is 1. The van der Waals surface area contributed by atoms with Gasteiger partial charge in [0, 0.05) is 31.0 Å². The number of hydrogen-bond acceptors (Lipinski definition) is 8. The van der Waals surface area contributed by atoms with E-state index < -0.39 is 23.3 Å². The predicted molar refractivity (Wildman–Crippen MR) is 160 cm³/mol. The van der Waals surface area contributed by atoms with Crippen LogP contribution in [-0.4, -0.2) is 36.1 Å². The Labute approximate surface area is 247 Å². The topological polar surface area (TPSA) is 157 Å². The van der Waals surface area contributed by atoms with Crippen LogP contribution < -0.4 is 26.7 Å². The molecule has 1 amide bonds. The Kier molecular flexibility index (Phi) is 8.65. The fourth-order valence-corrected chi connectivity index (χ4v) is 4.95. The second kappa shape index (κ2) is 12.7. The Morgan fingerprint density at radius 3 is 2.28 bits per heavy atom. The van der Waals surface area contributed by atoms with Crippen LogP contribution in [0.25, 0.3) is 0 Å². The molecule has 2 aromatic carbocycles. The van der Waals surface area contributed by atoms with Crippen LogP contribution in [0.2, 0.25) is 0 Å². The minimum atomic E-state index is -1.06. The fourth-order valence-electron chi connectivity index (χ4n) is 4.95. The molecule has 3 N–H and O–H groups in total. The summed E-state index contributed by atoms with van der Waals surface area (Å²) in [6.07, 6.45) is 4.29. The van der Waals surface area contributed by atoms with Crippen LogP contribution in [-0.2, 0) is 13.6 Å². The molecule has 222 valence electrons. The molecule has 12 nitrogen and oxygen atoms in total. The molecule has 2 heterocycles. The van der Waals surface area contributed by atoms with E-state index in [9.17, 15) is 19.2 Å². The van der Waals surface area contributed by atoms with Gasteiger partial charge in [-0.1, -0.05) is 25.8 Å². The number of carboxylic acid groups (broad SMARTS) is 1. The molecule has 4 aromatic rings. The zero-order valence-electron chi connectivity index (χ0n) is 23.8. The quantitative estimate of drug-likeness (QED) is 0.255. The summed E-state index contributed by atoms with van der Waals surface area (Å²) >= 11 is 0. The van der Waals surface area contributed by atoms with Gasteiger partial charge in [-0.25, -0.2) is 23.9 Å². The van der Waals surface area contributed by atoms with E-state index in [1.54, 1.807) is 36.4 Å². The molecule has 1 fully saturated rings. The minimum absolute atomic E-state index is 0.111. The van der Waals surface area contributed by atoms with E-state index in [2.05, 4.69) is 27.5 Å². The number of carbonyl (C=O) groups is 2. The Morgan fingerprint density at radius 2 is 1.60 bits per heavy atom. The van der Waals surface area contributed by atoms with Crippen LogP contribution in [0.1, 0.15) is 53.5 Å². The standard InChI is InChI=1S/C31H32N6O6/c1-19-6-8-20(9-7-19)18-37-29(35-30(41)36(2)31(37)42)33-23-14-16-24(17-15-23)43-26-5-3-4-25(34-26)27(38)32-22-12-10-21(11-13-22)28(39)40/h3-5,10-17,19-20H,6-9,18H2,1-2H3,(H,32,38)(H,39,40)(H,33,35,41). The molecule has 1 aliphatic rings. The molecule has 2 aromatic heterocycles. The van der Waals surface area contributed by atoms with Crippen molar-refractivity contribution in [3.8, 4) is 11.6 Å². The van der Waals surface area contributed by atoms with Crippen molar-refractivity contribution in [3.05, 3.63) is 99.0 Å². The summed E-state index contributed by atoms with van der Waals surface area (Å²) in [5, 5.41) is 14.8. The Hall–Kier alpha value is -5.26. The van der Waals surface area contributed by atoms with Crippen molar-refractivity contribution >= 4 is 29.2 Å². The summed E-state index contributed by atoms with van der Waals surface area (Å²) in [5.41, 5.74) is 0.214. The van der Waals surface area contributed by atoms with E-state index in [-0.39, 0.29) is 23.1 Å². The van der Waals surface area contributed by atoms with E-state index in [1.807, 2.05) is 0 Å². The van der Waals surface area contributed by atoms with Gasteiger partial charge in [0.25, 0.3) is 5.91 Å². The number of amides is 1. The first-order valence-corrected chi connectivity index (χ1v) is 14.0. The summed E-state index contributed by atoms with van der Waals surface area (Å²) in [4.78, 5) is 57.4. The molecular weight excluding hydrogens is 552 g/mol. The maximum atomic E-state index is 13.0. The highest BCUT2D eigenvalue weighted by molar-refractivity contribution is 6.03. The van der Waals surface area contributed by atoms with Gasteiger partial charge in [-0.2, -0.15) is 4.98 Å². The molecule has 0 bridgehead atoms. The zero-order chi connectivity index (χ0) is 30.5. The monoisotopic (exact) mass is 584 g/mol. The number of nitrogens with zero attached hydrogens (tertiary/aromatic N) is 4. The lowest BCUT2D eigenvalue weighted by atomic mass is 9.83. The number of carbonyl (C=O) groups excluding carboxylic acids is 1. The molecule has 0 unspecified atom stereocenters. The van der Waals surface area contributed by atoms with Crippen LogP contribution in [0.15, 0.2) is 76.3 Å². The van der Waals surface area contributed by atoms with Gasteiger partial charge in [0.15, 0.2) is 0 Å². The van der Waals surface area contributed by atoms with Gasteiger partial charge in [0.1, 0.15) is 11.4 Å². The molecule has 1 saturated carbocycles. The summed E-state index contributed by atoms with van der Waals surface area (Å²) in [6.45, 7) is 2.73. The number of nitrogens with one attached hydrogen (secondary N) is 2. The van der Waals surface area contributed by atoms with Crippen LogP contribution in [0.4, 0.5) is 17.3 Å². The van der Waals surface area contributed by atoms with Gasteiger partial charge in [0.2, 0.25) is 11.8 Å². The second-order valence-corrected chi connectivity index (χ2v) is 10.7. The van der Waals surface area contributed by atoms with Crippen molar-refractivity contribution < 1.29 is 19.4 Å². The van der Waals surface area contributed by atoms with E-state index in [0.717, 1.165) is 30.3 Å². The van der Waals surface area contributed by atoms with E-state index in [0.29, 0.717) is 35.5 Å². The van der Waals surface area contributed by atoms with Crippen molar-refractivity contribution in [2.75, 3.05) is 10.6 Å².